The zero-order chi connectivity index (χ0) is 17.3. The molecule has 0 aromatic rings. The van der Waals surface area contributed by atoms with Crippen LogP contribution in [0.15, 0.2) is 0 Å². The second-order valence-electron chi connectivity index (χ2n) is 5.53. The van der Waals surface area contributed by atoms with Crippen LogP contribution in [0, 0.1) is 0 Å². The van der Waals surface area contributed by atoms with Crippen LogP contribution in [0.4, 0.5) is 0 Å². The summed E-state index contributed by atoms with van der Waals surface area (Å²) in [5.41, 5.74) is 0. The summed E-state index contributed by atoms with van der Waals surface area (Å²) < 4.78 is 15.3. The molecule has 2 rings (SSSR count). The number of hydrogen-bond acceptors (Lipinski definition) is 11. The van der Waals surface area contributed by atoms with E-state index < -0.39 is 74.6 Å². The Bertz CT molecular complexity index is 378. The molecule has 2 saturated heterocycles. The molecule has 0 spiro atoms. The third-order valence-electron chi connectivity index (χ3n) is 3.98. The Morgan fingerprint density at radius 1 is 0.652 bits per heavy atom. The zero-order valence-electron chi connectivity index (χ0n) is 12.0. The highest BCUT2D eigenvalue weighted by Crippen LogP contribution is 2.28. The Balaban J connectivity index is 2.11. The van der Waals surface area contributed by atoms with Gasteiger partial charge >= 0.3 is 0 Å². The number of aliphatic hydroxyl groups excluding tert-OH is 8. The molecule has 2 aliphatic rings. The van der Waals surface area contributed by atoms with E-state index in [1.165, 1.54) is 0 Å². The maximum Gasteiger partial charge on any atom is 0.187 e. The molecule has 2 heterocycles. The van der Waals surface area contributed by atoms with Gasteiger partial charge in [-0.2, -0.15) is 0 Å². The van der Waals surface area contributed by atoms with Crippen LogP contribution in [0.3, 0.4) is 0 Å². The molecule has 2 fully saturated rings. The first-order valence-electron chi connectivity index (χ1n) is 7.08. The van der Waals surface area contributed by atoms with Gasteiger partial charge in [-0.25, -0.2) is 0 Å². The van der Waals surface area contributed by atoms with E-state index >= 15 is 0 Å². The molecule has 11 nitrogen and oxygen atoms in total. The molecule has 23 heavy (non-hydrogen) atoms. The van der Waals surface area contributed by atoms with E-state index in [2.05, 4.69) is 0 Å². The summed E-state index contributed by atoms with van der Waals surface area (Å²) in [6, 6.07) is 0. The van der Waals surface area contributed by atoms with Crippen molar-refractivity contribution in [3.63, 3.8) is 0 Å². The summed E-state index contributed by atoms with van der Waals surface area (Å²) in [5.74, 6) is 0. The van der Waals surface area contributed by atoms with Crippen LogP contribution in [0.5, 0.6) is 0 Å². The first kappa shape index (κ1) is 18.9. The molecule has 136 valence electrons. The number of aliphatic hydroxyl groups is 8. The largest absolute Gasteiger partial charge is 0.394 e. The molecule has 0 amide bonds. The lowest BCUT2D eigenvalue weighted by molar-refractivity contribution is -0.355. The number of ether oxygens (including phenoxy) is 3. The van der Waals surface area contributed by atoms with Gasteiger partial charge in [0.15, 0.2) is 12.6 Å². The van der Waals surface area contributed by atoms with Crippen molar-refractivity contribution in [1.29, 1.82) is 0 Å². The minimum absolute atomic E-state index is 0.667. The highest BCUT2D eigenvalue weighted by Gasteiger charge is 2.50. The van der Waals surface area contributed by atoms with Crippen molar-refractivity contribution >= 4 is 0 Å². The van der Waals surface area contributed by atoms with E-state index in [4.69, 9.17) is 19.3 Å². The van der Waals surface area contributed by atoms with Gasteiger partial charge in [-0.05, 0) is 0 Å². The van der Waals surface area contributed by atoms with Crippen LogP contribution in [0.1, 0.15) is 0 Å². The highest BCUT2D eigenvalue weighted by atomic mass is 16.7. The predicted octanol–water partition coefficient (Wildman–Crippen LogP) is -5.40. The fourth-order valence-electron chi connectivity index (χ4n) is 2.57. The monoisotopic (exact) mass is 342 g/mol. The van der Waals surface area contributed by atoms with E-state index in [9.17, 15) is 35.7 Å². The van der Waals surface area contributed by atoms with Gasteiger partial charge in [-0.15, -0.1) is 0 Å². The molecule has 0 aromatic heterocycles. The molecule has 8 N–H and O–H groups in total. The quantitative estimate of drug-likeness (QED) is 0.243. The molecule has 11 heteroatoms. The van der Waals surface area contributed by atoms with Crippen molar-refractivity contribution in [3.05, 3.63) is 0 Å². The minimum atomic E-state index is -1.74. The predicted molar refractivity (Wildman–Crippen MR) is 68.6 cm³/mol. The molecule has 0 saturated carbocycles. The smallest absolute Gasteiger partial charge is 0.187 e. The van der Waals surface area contributed by atoms with E-state index in [1.54, 1.807) is 0 Å². The van der Waals surface area contributed by atoms with Crippen molar-refractivity contribution in [2.45, 2.75) is 61.4 Å². The summed E-state index contributed by atoms with van der Waals surface area (Å²) >= 11 is 0. The van der Waals surface area contributed by atoms with Crippen LogP contribution in [-0.4, -0.2) is 115 Å². The van der Waals surface area contributed by atoms with Gasteiger partial charge in [-0.3, -0.25) is 0 Å². The summed E-state index contributed by atoms with van der Waals surface area (Å²) in [4.78, 5) is 0. The summed E-state index contributed by atoms with van der Waals surface area (Å²) in [5, 5.41) is 76.5. The van der Waals surface area contributed by atoms with Gasteiger partial charge in [0.1, 0.15) is 48.8 Å². The minimum Gasteiger partial charge on any atom is -0.394 e. The average Bonchev–Trinajstić information content (AvgIpc) is 2.55. The van der Waals surface area contributed by atoms with Gasteiger partial charge in [0, 0.05) is 0 Å². The van der Waals surface area contributed by atoms with Gasteiger partial charge in [0.2, 0.25) is 0 Å². The van der Waals surface area contributed by atoms with E-state index in [-0.39, 0.29) is 0 Å². The Morgan fingerprint density at radius 2 is 1.26 bits per heavy atom. The molecule has 0 aliphatic carbocycles. The SMILES string of the molecule is OCC1O[C@H](O[C@@H]2C(CO)O[C@@H](O)C(O)C2O)C(O)C(O)[C@H]1O. The summed E-state index contributed by atoms with van der Waals surface area (Å²) in [6.45, 7) is -1.35. The lowest BCUT2D eigenvalue weighted by Crippen LogP contribution is -2.64. The fraction of sp³-hybridized carbons (Fsp3) is 1.00. The second kappa shape index (κ2) is 7.63. The van der Waals surface area contributed by atoms with Crippen molar-refractivity contribution in [1.82, 2.24) is 0 Å². The third kappa shape index (κ3) is 3.65. The maximum absolute atomic E-state index is 9.94. The van der Waals surface area contributed by atoms with Gasteiger partial charge in [0.25, 0.3) is 0 Å². The molecule has 6 unspecified atom stereocenters. The van der Waals surface area contributed by atoms with Crippen molar-refractivity contribution in [2.75, 3.05) is 13.2 Å². The van der Waals surface area contributed by atoms with Crippen LogP contribution >= 0.6 is 0 Å². The zero-order valence-corrected chi connectivity index (χ0v) is 12.0. The Labute approximate surface area is 130 Å². The van der Waals surface area contributed by atoms with Crippen LogP contribution in [-0.2, 0) is 14.2 Å². The fourth-order valence-corrected chi connectivity index (χ4v) is 2.57. The normalized spacial score (nSPS) is 51.7. The molecule has 0 bridgehead atoms. The molecule has 10 atom stereocenters. The summed E-state index contributed by atoms with van der Waals surface area (Å²) in [7, 11) is 0. The lowest BCUT2D eigenvalue weighted by Gasteiger charge is -2.45. The third-order valence-corrected chi connectivity index (χ3v) is 3.98. The van der Waals surface area contributed by atoms with E-state index in [0.29, 0.717) is 0 Å². The Hall–Kier alpha value is -0.440. The number of hydrogen-bond donors (Lipinski definition) is 8. The molecular weight excluding hydrogens is 320 g/mol. The molecular formula is C12H22O11. The van der Waals surface area contributed by atoms with E-state index in [1.807, 2.05) is 0 Å². The molecule has 0 radical (unpaired) electrons. The molecule has 0 aromatic carbocycles. The standard InChI is InChI=1S/C12H22O11/c13-1-3-5(15)6(16)9(19)12(22-3)23-10-4(2-14)21-11(20)8(18)7(10)17/h3-20H,1-2H2/t3?,4?,5-,6?,7?,8?,9?,10+,11+,12+/m0/s1. The first-order valence-corrected chi connectivity index (χ1v) is 7.08. The average molecular weight is 342 g/mol. The number of rotatable bonds is 4. The van der Waals surface area contributed by atoms with Crippen molar-refractivity contribution in [3.8, 4) is 0 Å². The lowest BCUT2D eigenvalue weighted by atomic mass is 9.97. The van der Waals surface area contributed by atoms with Crippen LogP contribution < -0.4 is 0 Å². The van der Waals surface area contributed by atoms with Crippen molar-refractivity contribution < 1.29 is 55.1 Å². The van der Waals surface area contributed by atoms with Crippen LogP contribution in [0.2, 0.25) is 0 Å². The Kier molecular flexibility index (Phi) is 6.27. The van der Waals surface area contributed by atoms with Crippen molar-refractivity contribution in [2.24, 2.45) is 0 Å². The highest BCUT2D eigenvalue weighted by molar-refractivity contribution is 4.93. The molecule has 2 aliphatic heterocycles. The van der Waals surface area contributed by atoms with Gasteiger partial charge < -0.3 is 55.1 Å². The van der Waals surface area contributed by atoms with Gasteiger partial charge in [0.05, 0.1) is 13.2 Å². The van der Waals surface area contributed by atoms with Gasteiger partial charge in [-0.1, -0.05) is 0 Å². The Morgan fingerprint density at radius 3 is 1.83 bits per heavy atom. The topological polar surface area (TPSA) is 190 Å². The second-order valence-corrected chi connectivity index (χ2v) is 5.53. The first-order chi connectivity index (χ1) is 10.8. The van der Waals surface area contributed by atoms with Crippen LogP contribution in [0.25, 0.3) is 0 Å². The van der Waals surface area contributed by atoms with E-state index in [0.717, 1.165) is 0 Å². The summed E-state index contributed by atoms with van der Waals surface area (Å²) in [6.07, 6.45) is -15.6. The maximum atomic E-state index is 9.94.